The summed E-state index contributed by atoms with van der Waals surface area (Å²) in [7, 11) is 0. The molecule has 0 amide bonds. The van der Waals surface area contributed by atoms with Crippen molar-refractivity contribution in [2.24, 2.45) is 17.3 Å². The lowest BCUT2D eigenvalue weighted by molar-refractivity contribution is 0.127. The van der Waals surface area contributed by atoms with Gasteiger partial charge < -0.3 is 0 Å². The zero-order valence-electron chi connectivity index (χ0n) is 12.4. The van der Waals surface area contributed by atoms with E-state index in [2.05, 4.69) is 31.6 Å². The van der Waals surface area contributed by atoms with E-state index >= 15 is 0 Å². The number of hydrogen-bond donors (Lipinski definition) is 2. The summed E-state index contributed by atoms with van der Waals surface area (Å²) in [5, 5.41) is 0. The smallest absolute Gasteiger partial charge is 0.0326 e. The average molecular weight is 250 g/mol. The topological polar surface area (TPSA) is 24.1 Å². The summed E-state index contributed by atoms with van der Waals surface area (Å²) in [6.07, 6.45) is 11.2. The Morgan fingerprint density at radius 3 is 2.28 bits per heavy atom. The van der Waals surface area contributed by atoms with Crippen LogP contribution >= 0.6 is 0 Å². The molecule has 3 rings (SSSR count). The number of hydrogen-bond acceptors (Lipinski definition) is 2. The molecule has 3 saturated carbocycles. The molecule has 2 bridgehead atoms. The Labute approximate surface area is 112 Å². The molecule has 3 fully saturated rings. The third-order valence-corrected chi connectivity index (χ3v) is 5.67. The zero-order valence-corrected chi connectivity index (χ0v) is 12.4. The summed E-state index contributed by atoms with van der Waals surface area (Å²) < 4.78 is 0. The summed E-state index contributed by atoms with van der Waals surface area (Å²) in [6, 6.07) is 0.678. The molecule has 2 heteroatoms. The van der Waals surface area contributed by atoms with Crippen LogP contribution in [0, 0.1) is 17.3 Å². The first-order valence-electron chi connectivity index (χ1n) is 7.99. The Kier molecular flexibility index (Phi) is 3.22. The van der Waals surface area contributed by atoms with Crippen molar-refractivity contribution in [3.8, 4) is 0 Å². The Morgan fingerprint density at radius 2 is 1.72 bits per heavy atom. The van der Waals surface area contributed by atoms with E-state index in [1.807, 2.05) is 0 Å². The average Bonchev–Trinajstić information content (AvgIpc) is 2.84. The van der Waals surface area contributed by atoms with Gasteiger partial charge in [-0.15, -0.1) is 0 Å². The second-order valence-corrected chi connectivity index (χ2v) is 8.31. The van der Waals surface area contributed by atoms with Crippen LogP contribution in [0.15, 0.2) is 0 Å². The second kappa shape index (κ2) is 4.49. The van der Waals surface area contributed by atoms with Gasteiger partial charge in [-0.25, -0.2) is 0 Å². The van der Waals surface area contributed by atoms with Crippen molar-refractivity contribution in [1.82, 2.24) is 10.9 Å². The van der Waals surface area contributed by atoms with Gasteiger partial charge in [-0.1, -0.05) is 20.8 Å². The van der Waals surface area contributed by atoms with Gasteiger partial charge in [0.15, 0.2) is 0 Å². The highest BCUT2D eigenvalue weighted by Gasteiger charge is 2.45. The SMILES string of the molecule is CC1CC(NNC23CCC(CC2)C3)CC(C)(C)C1. The fraction of sp³-hybridized carbons (Fsp3) is 1.00. The van der Waals surface area contributed by atoms with E-state index in [-0.39, 0.29) is 0 Å². The van der Waals surface area contributed by atoms with Gasteiger partial charge in [0.25, 0.3) is 0 Å². The van der Waals surface area contributed by atoms with E-state index in [1.165, 1.54) is 51.4 Å². The van der Waals surface area contributed by atoms with Crippen molar-refractivity contribution < 1.29 is 0 Å². The maximum absolute atomic E-state index is 3.76. The van der Waals surface area contributed by atoms with Crippen molar-refractivity contribution >= 4 is 0 Å². The van der Waals surface area contributed by atoms with Crippen LogP contribution in [0.5, 0.6) is 0 Å². The molecule has 2 unspecified atom stereocenters. The Morgan fingerprint density at radius 1 is 1.00 bits per heavy atom. The van der Waals surface area contributed by atoms with Crippen LogP contribution in [0.3, 0.4) is 0 Å². The molecule has 2 nitrogen and oxygen atoms in total. The molecule has 18 heavy (non-hydrogen) atoms. The van der Waals surface area contributed by atoms with E-state index in [0.29, 0.717) is 17.0 Å². The molecule has 0 aromatic carbocycles. The minimum Gasteiger partial charge on any atom is -0.254 e. The van der Waals surface area contributed by atoms with Crippen LogP contribution in [0.2, 0.25) is 0 Å². The lowest BCUT2D eigenvalue weighted by Gasteiger charge is -2.41. The number of fused-ring (bicyclic) bond motifs is 2. The van der Waals surface area contributed by atoms with E-state index in [1.54, 1.807) is 0 Å². The van der Waals surface area contributed by atoms with Crippen LogP contribution in [-0.4, -0.2) is 11.6 Å². The maximum Gasteiger partial charge on any atom is 0.0326 e. The predicted octanol–water partition coefficient (Wildman–Crippen LogP) is 3.63. The lowest BCUT2D eigenvalue weighted by Crippen LogP contribution is -2.55. The van der Waals surface area contributed by atoms with Crippen molar-refractivity contribution in [2.45, 2.75) is 83.7 Å². The summed E-state index contributed by atoms with van der Waals surface area (Å²) in [4.78, 5) is 0. The first-order valence-corrected chi connectivity index (χ1v) is 7.99. The highest BCUT2D eigenvalue weighted by molar-refractivity contribution is 5.02. The van der Waals surface area contributed by atoms with Gasteiger partial charge in [-0.05, 0) is 68.6 Å². The van der Waals surface area contributed by atoms with Gasteiger partial charge in [-0.3, -0.25) is 10.9 Å². The predicted molar refractivity (Wildman–Crippen MR) is 76.2 cm³/mol. The summed E-state index contributed by atoms with van der Waals surface area (Å²) >= 11 is 0. The van der Waals surface area contributed by atoms with Gasteiger partial charge in [0.1, 0.15) is 0 Å². The van der Waals surface area contributed by atoms with Gasteiger partial charge in [0.05, 0.1) is 0 Å². The number of nitrogens with one attached hydrogen (secondary N) is 2. The largest absolute Gasteiger partial charge is 0.254 e. The molecule has 2 atom stereocenters. The van der Waals surface area contributed by atoms with Crippen LogP contribution in [0.4, 0.5) is 0 Å². The quantitative estimate of drug-likeness (QED) is 0.747. The Balaban J connectivity index is 1.54. The third-order valence-electron chi connectivity index (χ3n) is 5.67. The summed E-state index contributed by atoms with van der Waals surface area (Å²) in [5.41, 5.74) is 8.47. The molecule has 3 aliphatic rings. The molecule has 0 aromatic heterocycles. The monoisotopic (exact) mass is 250 g/mol. The van der Waals surface area contributed by atoms with Crippen LogP contribution < -0.4 is 10.9 Å². The fourth-order valence-corrected chi connectivity index (χ4v) is 5.08. The second-order valence-electron chi connectivity index (χ2n) is 8.31. The first kappa shape index (κ1) is 12.9. The molecule has 3 aliphatic carbocycles. The molecule has 2 N–H and O–H groups in total. The zero-order chi connectivity index (χ0) is 12.8. The summed E-state index contributed by atoms with van der Waals surface area (Å²) in [5.74, 6) is 1.89. The molecule has 0 radical (unpaired) electrons. The molecule has 0 saturated heterocycles. The van der Waals surface area contributed by atoms with E-state index < -0.39 is 0 Å². The molecule has 0 spiro atoms. The Hall–Kier alpha value is -0.0800. The minimum atomic E-state index is 0.468. The minimum absolute atomic E-state index is 0.468. The standard InChI is InChI=1S/C16H30N2/c1-12-8-14(11-15(2,3)9-12)17-18-16-6-4-13(10-16)5-7-16/h12-14,17-18H,4-11H2,1-3H3. The van der Waals surface area contributed by atoms with Gasteiger partial charge >= 0.3 is 0 Å². The van der Waals surface area contributed by atoms with Crippen LogP contribution in [0.1, 0.15) is 72.1 Å². The van der Waals surface area contributed by atoms with Crippen LogP contribution in [0.25, 0.3) is 0 Å². The number of rotatable bonds is 3. The van der Waals surface area contributed by atoms with Crippen LogP contribution in [-0.2, 0) is 0 Å². The third kappa shape index (κ3) is 2.60. The Bertz CT molecular complexity index is 302. The number of hydrazine groups is 1. The molecule has 0 aromatic rings. The van der Waals surface area contributed by atoms with E-state index in [0.717, 1.165) is 11.8 Å². The highest BCUT2D eigenvalue weighted by Crippen LogP contribution is 2.47. The summed E-state index contributed by atoms with van der Waals surface area (Å²) in [6.45, 7) is 7.27. The van der Waals surface area contributed by atoms with Gasteiger partial charge in [-0.2, -0.15) is 0 Å². The molecular formula is C16H30N2. The molecule has 0 heterocycles. The van der Waals surface area contributed by atoms with E-state index in [9.17, 15) is 0 Å². The van der Waals surface area contributed by atoms with Gasteiger partial charge in [0.2, 0.25) is 0 Å². The van der Waals surface area contributed by atoms with Crippen molar-refractivity contribution in [2.75, 3.05) is 0 Å². The molecule has 0 aliphatic heterocycles. The lowest BCUT2D eigenvalue weighted by atomic mass is 9.71. The van der Waals surface area contributed by atoms with Crippen molar-refractivity contribution in [1.29, 1.82) is 0 Å². The first-order chi connectivity index (χ1) is 8.46. The van der Waals surface area contributed by atoms with Crippen molar-refractivity contribution in [3.63, 3.8) is 0 Å². The van der Waals surface area contributed by atoms with E-state index in [4.69, 9.17) is 0 Å². The normalized spacial score (nSPS) is 46.5. The maximum atomic E-state index is 3.76. The highest BCUT2D eigenvalue weighted by atomic mass is 15.4. The molecular weight excluding hydrogens is 220 g/mol. The van der Waals surface area contributed by atoms with Crippen molar-refractivity contribution in [3.05, 3.63) is 0 Å². The molecule has 104 valence electrons. The van der Waals surface area contributed by atoms with Gasteiger partial charge in [0, 0.05) is 11.6 Å². The fourth-order valence-electron chi connectivity index (χ4n) is 5.08.